The maximum absolute atomic E-state index is 13.4. The van der Waals surface area contributed by atoms with E-state index in [4.69, 9.17) is 9.47 Å². The summed E-state index contributed by atoms with van der Waals surface area (Å²) in [5.74, 6) is -1.00. The first kappa shape index (κ1) is 23.7. The molecule has 0 atom stereocenters. The Hall–Kier alpha value is -2.91. The fraction of sp³-hybridized carbons (Fsp3) is 0.391. The maximum atomic E-state index is 13.4. The summed E-state index contributed by atoms with van der Waals surface area (Å²) in [6, 6.07) is 13.4. The molecule has 1 amide bonds. The van der Waals surface area contributed by atoms with Crippen molar-refractivity contribution < 1.29 is 27.5 Å². The summed E-state index contributed by atoms with van der Waals surface area (Å²) < 4.78 is 38.3. The molecule has 32 heavy (non-hydrogen) atoms. The average Bonchev–Trinajstić information content (AvgIpc) is 2.81. The number of carbonyl (C=O) groups excluding carboxylic acids is 2. The molecule has 1 aliphatic heterocycles. The van der Waals surface area contributed by atoms with Gasteiger partial charge in [0.1, 0.15) is 6.54 Å². The van der Waals surface area contributed by atoms with E-state index in [-0.39, 0.29) is 36.8 Å². The van der Waals surface area contributed by atoms with Gasteiger partial charge in [0.25, 0.3) is 15.9 Å². The van der Waals surface area contributed by atoms with Gasteiger partial charge in [-0.3, -0.25) is 13.9 Å². The Bertz CT molecular complexity index is 1070. The molecule has 172 valence electrons. The molecule has 0 fully saturated rings. The van der Waals surface area contributed by atoms with Gasteiger partial charge < -0.3 is 14.4 Å². The summed E-state index contributed by atoms with van der Waals surface area (Å²) >= 11 is 0. The Morgan fingerprint density at radius 1 is 1.12 bits per heavy atom. The minimum atomic E-state index is -3.86. The summed E-state index contributed by atoms with van der Waals surface area (Å²) in [5.41, 5.74) is 1.83. The molecular formula is C23H28N2O6S. The quantitative estimate of drug-likeness (QED) is 0.534. The summed E-state index contributed by atoms with van der Waals surface area (Å²) in [6.07, 6.45) is 1.54. The van der Waals surface area contributed by atoms with Crippen molar-refractivity contribution in [3.8, 4) is 0 Å². The minimum Gasteiger partial charge on any atom is -0.465 e. The number of esters is 1. The molecule has 1 heterocycles. The maximum Gasteiger partial charge on any atom is 0.325 e. The average molecular weight is 461 g/mol. The van der Waals surface area contributed by atoms with Gasteiger partial charge in [-0.15, -0.1) is 0 Å². The lowest BCUT2D eigenvalue weighted by Crippen LogP contribution is -2.39. The smallest absolute Gasteiger partial charge is 0.325 e. The van der Waals surface area contributed by atoms with Gasteiger partial charge in [0.05, 0.1) is 23.8 Å². The number of anilines is 1. The van der Waals surface area contributed by atoms with Crippen LogP contribution in [0.2, 0.25) is 0 Å². The number of carbonyl (C=O) groups is 2. The molecule has 0 saturated carbocycles. The van der Waals surface area contributed by atoms with Crippen LogP contribution in [-0.4, -0.2) is 65.2 Å². The largest absolute Gasteiger partial charge is 0.465 e. The topological polar surface area (TPSA) is 93.2 Å². The SMILES string of the molecule is CCOC(=O)CN(CCOC)C(=O)c1cccc(S(=O)(=O)N2CCCc3ccccc32)c1. The Labute approximate surface area is 188 Å². The van der Waals surface area contributed by atoms with E-state index in [1.54, 1.807) is 13.0 Å². The molecule has 2 aromatic rings. The first-order valence-corrected chi connectivity index (χ1v) is 12.0. The van der Waals surface area contributed by atoms with Crippen molar-refractivity contribution in [1.82, 2.24) is 4.90 Å². The molecule has 9 heteroatoms. The van der Waals surface area contributed by atoms with Gasteiger partial charge in [0, 0.05) is 25.8 Å². The number of amides is 1. The van der Waals surface area contributed by atoms with Crippen LogP contribution in [0.1, 0.15) is 29.3 Å². The lowest BCUT2D eigenvalue weighted by Gasteiger charge is -2.30. The molecule has 0 saturated heterocycles. The van der Waals surface area contributed by atoms with Crippen molar-refractivity contribution in [3.63, 3.8) is 0 Å². The van der Waals surface area contributed by atoms with Gasteiger partial charge >= 0.3 is 5.97 Å². The number of methoxy groups -OCH3 is 1. The van der Waals surface area contributed by atoms with Gasteiger partial charge in [0.2, 0.25) is 0 Å². The predicted octanol–water partition coefficient (Wildman–Crippen LogP) is 2.48. The number of para-hydroxylation sites is 1. The van der Waals surface area contributed by atoms with E-state index in [0.29, 0.717) is 12.2 Å². The second-order valence-corrected chi connectivity index (χ2v) is 9.22. The van der Waals surface area contributed by atoms with Gasteiger partial charge in [-0.1, -0.05) is 24.3 Å². The standard InChI is InChI=1S/C23H28N2O6S/c1-3-31-22(26)17-24(14-15-30-2)23(27)19-9-6-11-20(16-19)32(28,29)25-13-7-10-18-8-4-5-12-21(18)25/h4-6,8-9,11-12,16H,3,7,10,13-15,17H2,1-2H3. The first-order valence-electron chi connectivity index (χ1n) is 10.5. The summed E-state index contributed by atoms with van der Waals surface area (Å²) in [4.78, 5) is 26.4. The molecule has 0 spiro atoms. The third kappa shape index (κ3) is 5.28. The molecular weight excluding hydrogens is 432 g/mol. The number of sulfonamides is 1. The highest BCUT2D eigenvalue weighted by Gasteiger charge is 2.30. The van der Waals surface area contributed by atoms with Crippen LogP contribution >= 0.6 is 0 Å². The number of nitrogens with zero attached hydrogens (tertiary/aromatic N) is 2. The Kier molecular flexibility index (Phi) is 7.87. The zero-order valence-electron chi connectivity index (χ0n) is 18.3. The Morgan fingerprint density at radius 3 is 2.66 bits per heavy atom. The lowest BCUT2D eigenvalue weighted by atomic mass is 10.0. The number of benzene rings is 2. The van der Waals surface area contributed by atoms with E-state index in [1.165, 1.54) is 40.6 Å². The van der Waals surface area contributed by atoms with Crippen molar-refractivity contribution in [2.24, 2.45) is 0 Å². The van der Waals surface area contributed by atoms with Crippen LogP contribution in [0.4, 0.5) is 5.69 Å². The van der Waals surface area contributed by atoms with Crippen LogP contribution in [0.5, 0.6) is 0 Å². The molecule has 0 bridgehead atoms. The van der Waals surface area contributed by atoms with Crippen LogP contribution in [0.3, 0.4) is 0 Å². The van der Waals surface area contributed by atoms with Gasteiger partial charge in [0.15, 0.2) is 0 Å². The molecule has 0 aliphatic carbocycles. The number of hydrogen-bond acceptors (Lipinski definition) is 6. The molecule has 8 nitrogen and oxygen atoms in total. The number of hydrogen-bond donors (Lipinski definition) is 0. The van der Waals surface area contributed by atoms with Crippen LogP contribution in [-0.2, 0) is 30.7 Å². The fourth-order valence-corrected chi connectivity index (χ4v) is 5.25. The third-order valence-electron chi connectivity index (χ3n) is 5.21. The van der Waals surface area contributed by atoms with Crippen molar-refractivity contribution in [1.29, 1.82) is 0 Å². The van der Waals surface area contributed by atoms with E-state index in [9.17, 15) is 18.0 Å². The number of aryl methyl sites for hydroxylation is 1. The van der Waals surface area contributed by atoms with Crippen LogP contribution in [0, 0.1) is 0 Å². The highest BCUT2D eigenvalue weighted by atomic mass is 32.2. The van der Waals surface area contributed by atoms with Crippen LogP contribution in [0.25, 0.3) is 0 Å². The summed E-state index contributed by atoms with van der Waals surface area (Å²) in [7, 11) is -2.36. The van der Waals surface area contributed by atoms with E-state index in [1.807, 2.05) is 18.2 Å². The highest BCUT2D eigenvalue weighted by molar-refractivity contribution is 7.92. The van der Waals surface area contributed by atoms with E-state index < -0.39 is 21.9 Å². The molecule has 0 radical (unpaired) electrons. The van der Waals surface area contributed by atoms with Crippen LogP contribution < -0.4 is 4.31 Å². The Balaban J connectivity index is 1.89. The molecule has 2 aromatic carbocycles. The summed E-state index contributed by atoms with van der Waals surface area (Å²) in [6.45, 7) is 2.42. The number of fused-ring (bicyclic) bond motifs is 1. The molecule has 0 N–H and O–H groups in total. The third-order valence-corrected chi connectivity index (χ3v) is 7.02. The molecule has 0 aromatic heterocycles. The lowest BCUT2D eigenvalue weighted by molar-refractivity contribution is -0.143. The van der Waals surface area contributed by atoms with Crippen molar-refractivity contribution in [3.05, 3.63) is 59.7 Å². The molecule has 1 aliphatic rings. The zero-order chi connectivity index (χ0) is 23.1. The van der Waals surface area contributed by atoms with Crippen molar-refractivity contribution in [2.45, 2.75) is 24.7 Å². The molecule has 3 rings (SSSR count). The van der Waals surface area contributed by atoms with E-state index in [2.05, 4.69) is 0 Å². The number of ether oxygens (including phenoxy) is 2. The molecule has 0 unspecified atom stereocenters. The normalized spacial score (nSPS) is 13.4. The first-order chi connectivity index (χ1) is 15.4. The zero-order valence-corrected chi connectivity index (χ0v) is 19.1. The highest BCUT2D eigenvalue weighted by Crippen LogP contribution is 2.32. The van der Waals surface area contributed by atoms with Crippen molar-refractivity contribution in [2.75, 3.05) is 44.3 Å². The van der Waals surface area contributed by atoms with E-state index >= 15 is 0 Å². The minimum absolute atomic E-state index is 0.0304. The second kappa shape index (κ2) is 10.6. The van der Waals surface area contributed by atoms with Gasteiger partial charge in [-0.05, 0) is 49.6 Å². The Morgan fingerprint density at radius 2 is 1.91 bits per heavy atom. The fourth-order valence-electron chi connectivity index (χ4n) is 3.66. The second-order valence-electron chi connectivity index (χ2n) is 7.36. The van der Waals surface area contributed by atoms with Crippen molar-refractivity contribution >= 4 is 27.6 Å². The van der Waals surface area contributed by atoms with Gasteiger partial charge in [-0.25, -0.2) is 8.42 Å². The van der Waals surface area contributed by atoms with Crippen LogP contribution in [0.15, 0.2) is 53.4 Å². The van der Waals surface area contributed by atoms with Gasteiger partial charge in [-0.2, -0.15) is 0 Å². The number of rotatable bonds is 9. The summed E-state index contributed by atoms with van der Waals surface area (Å²) in [5, 5.41) is 0. The predicted molar refractivity (Wildman–Crippen MR) is 120 cm³/mol. The van der Waals surface area contributed by atoms with E-state index in [0.717, 1.165) is 18.4 Å². The monoisotopic (exact) mass is 460 g/mol.